The van der Waals surface area contributed by atoms with Crippen LogP contribution in [-0.4, -0.2) is 27.7 Å². The summed E-state index contributed by atoms with van der Waals surface area (Å²) in [5.41, 5.74) is 0.121. The lowest BCUT2D eigenvalue weighted by atomic mass is 10.1. The topological polar surface area (TPSA) is 93.9 Å². The summed E-state index contributed by atoms with van der Waals surface area (Å²) >= 11 is 0. The van der Waals surface area contributed by atoms with Gasteiger partial charge in [-0.3, -0.25) is 0 Å². The Morgan fingerprint density at radius 2 is 2.28 bits per heavy atom. The Kier molecular flexibility index (Phi) is 2.30. The first kappa shape index (κ1) is 10.5. The number of tetrazole rings is 1. The third kappa shape index (κ3) is 1.53. The molecular weight excluding hydrogens is 236 g/mol. The number of fused-ring (bicyclic) bond motifs is 1. The van der Waals surface area contributed by atoms with Crippen LogP contribution in [0.2, 0.25) is 0 Å². The molecule has 2 aromatic heterocycles. The van der Waals surface area contributed by atoms with Gasteiger partial charge in [-0.05, 0) is 17.3 Å². The number of nitrogens with zero attached hydrogens (tertiary/aromatic N) is 3. The van der Waals surface area contributed by atoms with Gasteiger partial charge in [0.1, 0.15) is 5.56 Å². The highest BCUT2D eigenvalue weighted by Gasteiger charge is 2.13. The third-order valence-electron chi connectivity index (χ3n) is 2.53. The number of H-pyrrole nitrogens is 1. The molecule has 0 unspecified atom stereocenters. The average molecular weight is 244 g/mol. The lowest BCUT2D eigenvalue weighted by molar-refractivity contribution is 0.407. The van der Waals surface area contributed by atoms with Crippen molar-refractivity contribution in [3.05, 3.63) is 34.7 Å². The van der Waals surface area contributed by atoms with Gasteiger partial charge in [0.05, 0.1) is 7.11 Å². The van der Waals surface area contributed by atoms with E-state index < -0.39 is 5.63 Å². The molecule has 18 heavy (non-hydrogen) atoms. The zero-order valence-electron chi connectivity index (χ0n) is 9.38. The lowest BCUT2D eigenvalue weighted by Crippen LogP contribution is -2.04. The van der Waals surface area contributed by atoms with Gasteiger partial charge in [-0.2, -0.15) is 5.21 Å². The Morgan fingerprint density at radius 3 is 3.00 bits per heavy atom. The largest absolute Gasteiger partial charge is 0.493 e. The molecule has 90 valence electrons. The quantitative estimate of drug-likeness (QED) is 0.675. The van der Waals surface area contributed by atoms with E-state index in [0.29, 0.717) is 11.3 Å². The molecule has 7 heteroatoms. The van der Waals surface area contributed by atoms with Gasteiger partial charge in [0.2, 0.25) is 5.82 Å². The first-order valence-electron chi connectivity index (χ1n) is 5.14. The second-order valence-electron chi connectivity index (χ2n) is 3.56. The Hall–Kier alpha value is -2.70. The van der Waals surface area contributed by atoms with Crippen LogP contribution in [0.1, 0.15) is 0 Å². The normalized spacial score (nSPS) is 10.7. The van der Waals surface area contributed by atoms with E-state index in [-0.39, 0.29) is 11.4 Å². The smallest absolute Gasteiger partial charge is 0.347 e. The zero-order valence-corrected chi connectivity index (χ0v) is 9.38. The standard InChI is InChI=1S/C11H8N4O3/c1-17-8-4-2-3-6-5-7(10-12-14-15-13-10)11(16)18-9(6)8/h2-5H,1H3,(H,12,13,14,15). The third-order valence-corrected chi connectivity index (χ3v) is 2.53. The van der Waals surface area contributed by atoms with Gasteiger partial charge in [0.15, 0.2) is 11.3 Å². The molecule has 0 fully saturated rings. The maximum atomic E-state index is 11.9. The van der Waals surface area contributed by atoms with E-state index in [0.717, 1.165) is 5.39 Å². The second kappa shape index (κ2) is 3.95. The molecule has 0 spiro atoms. The molecule has 0 radical (unpaired) electrons. The van der Waals surface area contributed by atoms with E-state index in [1.54, 1.807) is 18.2 Å². The summed E-state index contributed by atoms with van der Waals surface area (Å²) in [7, 11) is 1.52. The molecule has 0 aliphatic carbocycles. The van der Waals surface area contributed by atoms with Crippen molar-refractivity contribution in [1.29, 1.82) is 0 Å². The molecule has 0 atom stereocenters. The monoisotopic (exact) mass is 244 g/mol. The predicted molar refractivity (Wildman–Crippen MR) is 62.2 cm³/mol. The van der Waals surface area contributed by atoms with Crippen LogP contribution < -0.4 is 10.4 Å². The van der Waals surface area contributed by atoms with Crippen LogP contribution in [-0.2, 0) is 0 Å². The first-order chi connectivity index (χ1) is 8.79. The molecule has 3 rings (SSSR count). The molecule has 0 aliphatic rings. The first-order valence-corrected chi connectivity index (χ1v) is 5.14. The minimum atomic E-state index is -0.534. The summed E-state index contributed by atoms with van der Waals surface area (Å²) in [4.78, 5) is 11.9. The van der Waals surface area contributed by atoms with Crippen molar-refractivity contribution in [2.75, 3.05) is 7.11 Å². The van der Waals surface area contributed by atoms with E-state index in [1.807, 2.05) is 6.07 Å². The summed E-state index contributed by atoms with van der Waals surface area (Å²) < 4.78 is 10.4. The number of aromatic nitrogens is 4. The Bertz CT molecular complexity index is 749. The van der Waals surface area contributed by atoms with E-state index in [2.05, 4.69) is 20.6 Å². The number of para-hydroxylation sites is 1. The van der Waals surface area contributed by atoms with Gasteiger partial charge >= 0.3 is 5.63 Å². The van der Waals surface area contributed by atoms with Crippen LogP contribution in [0.4, 0.5) is 0 Å². The van der Waals surface area contributed by atoms with E-state index in [4.69, 9.17) is 9.15 Å². The van der Waals surface area contributed by atoms with Gasteiger partial charge in [0, 0.05) is 5.39 Å². The number of nitrogens with one attached hydrogen (secondary N) is 1. The predicted octanol–water partition coefficient (Wildman–Crippen LogP) is 0.982. The van der Waals surface area contributed by atoms with E-state index >= 15 is 0 Å². The van der Waals surface area contributed by atoms with Crippen molar-refractivity contribution in [3.63, 3.8) is 0 Å². The number of aromatic amines is 1. The van der Waals surface area contributed by atoms with Gasteiger partial charge in [-0.15, -0.1) is 10.2 Å². The summed E-state index contributed by atoms with van der Waals surface area (Å²) in [6.07, 6.45) is 0. The Morgan fingerprint density at radius 1 is 1.39 bits per heavy atom. The van der Waals surface area contributed by atoms with Crippen molar-refractivity contribution in [2.45, 2.75) is 0 Å². The summed E-state index contributed by atoms with van der Waals surface area (Å²) in [5, 5.41) is 13.9. The van der Waals surface area contributed by atoms with Crippen molar-refractivity contribution in [2.24, 2.45) is 0 Å². The fourth-order valence-corrected chi connectivity index (χ4v) is 1.71. The summed E-state index contributed by atoms with van der Waals surface area (Å²) in [6, 6.07) is 6.99. The number of hydrogen-bond donors (Lipinski definition) is 1. The van der Waals surface area contributed by atoms with Crippen molar-refractivity contribution >= 4 is 11.0 Å². The van der Waals surface area contributed by atoms with Crippen molar-refractivity contribution < 1.29 is 9.15 Å². The van der Waals surface area contributed by atoms with Crippen molar-refractivity contribution in [1.82, 2.24) is 20.6 Å². The van der Waals surface area contributed by atoms with Crippen LogP contribution in [0, 0.1) is 0 Å². The molecule has 2 heterocycles. The minimum Gasteiger partial charge on any atom is -0.493 e. The molecule has 0 amide bonds. The maximum absolute atomic E-state index is 11.9. The van der Waals surface area contributed by atoms with E-state index in [9.17, 15) is 4.79 Å². The zero-order chi connectivity index (χ0) is 12.5. The number of hydrogen-bond acceptors (Lipinski definition) is 6. The average Bonchev–Trinajstić information content (AvgIpc) is 2.91. The van der Waals surface area contributed by atoms with Crippen LogP contribution in [0.25, 0.3) is 22.4 Å². The highest BCUT2D eigenvalue weighted by atomic mass is 16.5. The second-order valence-corrected chi connectivity index (χ2v) is 3.56. The maximum Gasteiger partial charge on any atom is 0.347 e. The molecule has 0 saturated heterocycles. The van der Waals surface area contributed by atoms with Gasteiger partial charge in [-0.25, -0.2) is 4.79 Å². The molecule has 0 aliphatic heterocycles. The van der Waals surface area contributed by atoms with Crippen LogP contribution in [0.15, 0.2) is 33.5 Å². The molecule has 7 nitrogen and oxygen atoms in total. The molecule has 0 bridgehead atoms. The van der Waals surface area contributed by atoms with Crippen LogP contribution in [0.3, 0.4) is 0 Å². The number of benzene rings is 1. The lowest BCUT2D eigenvalue weighted by Gasteiger charge is -2.03. The SMILES string of the molecule is COc1cccc2cc(-c3nn[nH]n3)c(=O)oc12. The van der Waals surface area contributed by atoms with E-state index in [1.165, 1.54) is 7.11 Å². The molecule has 3 aromatic rings. The summed E-state index contributed by atoms with van der Waals surface area (Å²) in [6.45, 7) is 0. The Labute approximate surface area is 100 Å². The molecule has 1 N–H and O–H groups in total. The van der Waals surface area contributed by atoms with Crippen LogP contribution >= 0.6 is 0 Å². The van der Waals surface area contributed by atoms with Gasteiger partial charge < -0.3 is 9.15 Å². The minimum absolute atomic E-state index is 0.202. The fraction of sp³-hybridized carbons (Fsp3) is 0.0909. The fourth-order valence-electron chi connectivity index (χ4n) is 1.71. The molecule has 1 aromatic carbocycles. The summed E-state index contributed by atoms with van der Waals surface area (Å²) in [5.74, 6) is 0.706. The highest BCUT2D eigenvalue weighted by Crippen LogP contribution is 2.25. The van der Waals surface area contributed by atoms with Crippen LogP contribution in [0.5, 0.6) is 5.75 Å². The van der Waals surface area contributed by atoms with Gasteiger partial charge in [-0.1, -0.05) is 12.1 Å². The molecular formula is C11H8N4O3. The van der Waals surface area contributed by atoms with Crippen molar-refractivity contribution in [3.8, 4) is 17.1 Å². The highest BCUT2D eigenvalue weighted by molar-refractivity contribution is 5.85. The number of methoxy groups -OCH3 is 1. The number of ether oxygens (including phenoxy) is 1. The molecule has 0 saturated carbocycles. The Balaban J connectivity index is 2.32. The van der Waals surface area contributed by atoms with Gasteiger partial charge in [0.25, 0.3) is 0 Å². The number of rotatable bonds is 2.